The number of carbonyl (C=O) groups excluding carboxylic acids is 1. The molecule has 0 aliphatic rings. The first-order valence-corrected chi connectivity index (χ1v) is 8.76. The molecule has 0 saturated heterocycles. The first kappa shape index (κ1) is 19.0. The minimum atomic E-state index is -0.200. The summed E-state index contributed by atoms with van der Waals surface area (Å²) in [5.74, 6) is 1.63. The molecular weight excluding hydrogens is 338 g/mol. The van der Waals surface area contributed by atoms with Crippen LogP contribution in [-0.2, 0) is 11.3 Å². The molecule has 0 fully saturated rings. The second kappa shape index (κ2) is 9.22. The molecule has 5 nitrogen and oxygen atoms in total. The number of nitrogens with one attached hydrogen (secondary N) is 1. The number of thioether (sulfide) groups is 1. The minimum Gasteiger partial charge on any atom is -0.493 e. The fraction of sp³-hybridized carbons (Fsp3) is 0.316. The molecule has 1 atom stereocenters. The predicted octanol–water partition coefficient (Wildman–Crippen LogP) is 3.51. The van der Waals surface area contributed by atoms with Crippen LogP contribution in [0.25, 0.3) is 0 Å². The Morgan fingerprint density at radius 2 is 1.68 bits per heavy atom. The zero-order chi connectivity index (χ0) is 18.2. The Hall–Kier alpha value is -2.34. The summed E-state index contributed by atoms with van der Waals surface area (Å²) in [6.07, 6.45) is 0. The van der Waals surface area contributed by atoms with Crippen LogP contribution in [0, 0.1) is 0 Å². The van der Waals surface area contributed by atoms with Crippen molar-refractivity contribution < 1.29 is 19.0 Å². The fourth-order valence-electron chi connectivity index (χ4n) is 2.39. The van der Waals surface area contributed by atoms with Crippen LogP contribution in [0.1, 0.15) is 12.5 Å². The second-order valence-electron chi connectivity index (χ2n) is 5.28. The molecule has 0 heterocycles. The third-order valence-corrected chi connectivity index (χ3v) is 4.78. The van der Waals surface area contributed by atoms with E-state index in [1.807, 2.05) is 43.3 Å². The predicted molar refractivity (Wildman–Crippen MR) is 99.7 cm³/mol. The van der Waals surface area contributed by atoms with E-state index in [1.165, 1.54) is 11.8 Å². The Morgan fingerprint density at radius 3 is 2.28 bits per heavy atom. The lowest BCUT2D eigenvalue weighted by Gasteiger charge is -2.17. The molecule has 0 aliphatic heterocycles. The molecule has 0 aliphatic carbocycles. The van der Waals surface area contributed by atoms with Gasteiger partial charge in [0, 0.05) is 17.0 Å². The van der Waals surface area contributed by atoms with Crippen molar-refractivity contribution in [3.05, 3.63) is 48.0 Å². The highest BCUT2D eigenvalue weighted by atomic mass is 32.2. The summed E-state index contributed by atoms with van der Waals surface area (Å²) in [6, 6.07) is 13.5. The van der Waals surface area contributed by atoms with Gasteiger partial charge in [-0.05, 0) is 31.2 Å². The van der Waals surface area contributed by atoms with Crippen molar-refractivity contribution in [2.75, 3.05) is 21.3 Å². The fourth-order valence-corrected chi connectivity index (χ4v) is 3.30. The summed E-state index contributed by atoms with van der Waals surface area (Å²) in [7, 11) is 4.69. The van der Waals surface area contributed by atoms with Crippen molar-refractivity contribution in [2.45, 2.75) is 23.6 Å². The Morgan fingerprint density at radius 1 is 1.00 bits per heavy atom. The standard InChI is InChI=1S/C19H23NO4S/c1-13(25-15-8-6-5-7-9-15)19(21)20-12-14-10-11-16(22-2)18(24-4)17(14)23-3/h5-11,13H,12H2,1-4H3,(H,20,21). The van der Waals surface area contributed by atoms with Gasteiger partial charge in [-0.1, -0.05) is 18.2 Å². The van der Waals surface area contributed by atoms with E-state index < -0.39 is 0 Å². The van der Waals surface area contributed by atoms with E-state index in [9.17, 15) is 4.79 Å². The van der Waals surface area contributed by atoms with E-state index in [-0.39, 0.29) is 11.2 Å². The van der Waals surface area contributed by atoms with Crippen LogP contribution >= 0.6 is 11.8 Å². The molecule has 134 valence electrons. The molecule has 1 amide bonds. The molecule has 0 saturated carbocycles. The Labute approximate surface area is 152 Å². The molecule has 25 heavy (non-hydrogen) atoms. The lowest BCUT2D eigenvalue weighted by molar-refractivity contribution is -0.120. The minimum absolute atomic E-state index is 0.0364. The van der Waals surface area contributed by atoms with Crippen molar-refractivity contribution in [1.82, 2.24) is 5.32 Å². The number of carbonyl (C=O) groups is 1. The molecule has 0 spiro atoms. The van der Waals surface area contributed by atoms with Crippen molar-refractivity contribution in [2.24, 2.45) is 0 Å². The summed E-state index contributed by atoms with van der Waals surface area (Å²) in [4.78, 5) is 13.4. The smallest absolute Gasteiger partial charge is 0.233 e. The molecule has 6 heteroatoms. The largest absolute Gasteiger partial charge is 0.493 e. The van der Waals surface area contributed by atoms with Gasteiger partial charge in [-0.15, -0.1) is 11.8 Å². The highest BCUT2D eigenvalue weighted by Gasteiger charge is 2.18. The maximum atomic E-state index is 12.4. The summed E-state index contributed by atoms with van der Waals surface area (Å²) in [5.41, 5.74) is 0.824. The molecular formula is C19H23NO4S. The van der Waals surface area contributed by atoms with Gasteiger partial charge < -0.3 is 19.5 Å². The Bertz CT molecular complexity index is 706. The molecule has 0 bridgehead atoms. The summed E-state index contributed by atoms with van der Waals surface area (Å²) in [6.45, 7) is 2.24. The SMILES string of the molecule is COc1ccc(CNC(=O)C(C)Sc2ccccc2)c(OC)c1OC. The number of hydrogen-bond donors (Lipinski definition) is 1. The second-order valence-corrected chi connectivity index (χ2v) is 6.70. The van der Waals surface area contributed by atoms with Gasteiger partial charge in [-0.25, -0.2) is 0 Å². The van der Waals surface area contributed by atoms with Crippen molar-refractivity contribution in [3.8, 4) is 17.2 Å². The number of methoxy groups -OCH3 is 3. The lowest BCUT2D eigenvalue weighted by Crippen LogP contribution is -2.30. The number of hydrogen-bond acceptors (Lipinski definition) is 5. The normalized spacial score (nSPS) is 11.5. The van der Waals surface area contributed by atoms with Gasteiger partial charge in [0.05, 0.1) is 26.6 Å². The topological polar surface area (TPSA) is 56.8 Å². The number of amides is 1. The van der Waals surface area contributed by atoms with Gasteiger partial charge in [0.15, 0.2) is 11.5 Å². The molecule has 1 N–H and O–H groups in total. The third kappa shape index (κ3) is 4.82. The molecule has 1 unspecified atom stereocenters. The van der Waals surface area contributed by atoms with E-state index in [1.54, 1.807) is 27.4 Å². The van der Waals surface area contributed by atoms with E-state index in [2.05, 4.69) is 5.32 Å². The van der Waals surface area contributed by atoms with Gasteiger partial charge in [-0.3, -0.25) is 4.79 Å². The van der Waals surface area contributed by atoms with Crippen molar-refractivity contribution >= 4 is 17.7 Å². The maximum Gasteiger partial charge on any atom is 0.233 e. The van der Waals surface area contributed by atoms with Crippen LogP contribution < -0.4 is 19.5 Å². The molecule has 0 aromatic heterocycles. The number of ether oxygens (including phenoxy) is 3. The van der Waals surface area contributed by atoms with E-state index >= 15 is 0 Å². The van der Waals surface area contributed by atoms with Gasteiger partial charge in [0.25, 0.3) is 0 Å². The maximum absolute atomic E-state index is 12.4. The van der Waals surface area contributed by atoms with Crippen LogP contribution in [0.15, 0.2) is 47.4 Å². The summed E-state index contributed by atoms with van der Waals surface area (Å²) >= 11 is 1.52. The van der Waals surface area contributed by atoms with Crippen molar-refractivity contribution in [3.63, 3.8) is 0 Å². The van der Waals surface area contributed by atoms with Crippen LogP contribution in [0.4, 0.5) is 0 Å². The van der Waals surface area contributed by atoms with Crippen LogP contribution in [0.2, 0.25) is 0 Å². The molecule has 2 rings (SSSR count). The van der Waals surface area contributed by atoms with Gasteiger partial charge in [0.2, 0.25) is 11.7 Å². The average molecular weight is 361 g/mol. The zero-order valence-corrected chi connectivity index (χ0v) is 15.7. The summed E-state index contributed by atoms with van der Waals surface area (Å²) in [5, 5.41) is 2.75. The van der Waals surface area contributed by atoms with Crippen LogP contribution in [0.3, 0.4) is 0 Å². The zero-order valence-electron chi connectivity index (χ0n) is 14.9. The van der Waals surface area contributed by atoms with Crippen molar-refractivity contribution in [1.29, 1.82) is 0 Å². The first-order chi connectivity index (χ1) is 12.1. The molecule has 0 radical (unpaired) electrons. The quantitative estimate of drug-likeness (QED) is 0.729. The van der Waals surface area contributed by atoms with Gasteiger partial charge in [-0.2, -0.15) is 0 Å². The number of rotatable bonds is 8. The summed E-state index contributed by atoms with van der Waals surface area (Å²) < 4.78 is 16.1. The highest BCUT2D eigenvalue weighted by Crippen LogP contribution is 2.39. The first-order valence-electron chi connectivity index (χ1n) is 7.88. The molecule has 2 aromatic carbocycles. The van der Waals surface area contributed by atoms with Gasteiger partial charge in [0.1, 0.15) is 0 Å². The Balaban J connectivity index is 2.04. The van der Waals surface area contributed by atoms with Gasteiger partial charge >= 0.3 is 0 Å². The van der Waals surface area contributed by atoms with E-state index in [0.717, 1.165) is 10.5 Å². The van der Waals surface area contributed by atoms with Crippen LogP contribution in [-0.4, -0.2) is 32.5 Å². The number of benzene rings is 2. The molecule has 2 aromatic rings. The van der Waals surface area contributed by atoms with E-state index in [0.29, 0.717) is 23.8 Å². The third-order valence-electron chi connectivity index (χ3n) is 3.66. The highest BCUT2D eigenvalue weighted by molar-refractivity contribution is 8.00. The Kier molecular flexibility index (Phi) is 7.01. The monoisotopic (exact) mass is 361 g/mol. The van der Waals surface area contributed by atoms with Crippen LogP contribution in [0.5, 0.6) is 17.2 Å². The lowest BCUT2D eigenvalue weighted by atomic mass is 10.1. The average Bonchev–Trinajstić information content (AvgIpc) is 2.65. The van der Waals surface area contributed by atoms with E-state index in [4.69, 9.17) is 14.2 Å².